The van der Waals surface area contributed by atoms with Crippen molar-refractivity contribution in [1.82, 2.24) is 10.6 Å². The molecule has 0 heterocycles. The summed E-state index contributed by atoms with van der Waals surface area (Å²) in [4.78, 5) is 24.0. The van der Waals surface area contributed by atoms with E-state index >= 15 is 0 Å². The number of nitrogens with one attached hydrogen (secondary N) is 2. The zero-order valence-electron chi connectivity index (χ0n) is 17.3. The Bertz CT molecular complexity index is 851. The predicted octanol–water partition coefficient (Wildman–Crippen LogP) is 2.17. The van der Waals surface area contributed by atoms with Crippen LogP contribution in [0.1, 0.15) is 16.7 Å². The van der Waals surface area contributed by atoms with Crippen molar-refractivity contribution < 1.29 is 23.8 Å². The fourth-order valence-corrected chi connectivity index (χ4v) is 2.72. The molecule has 0 unspecified atom stereocenters. The molecule has 2 aromatic carbocycles. The van der Waals surface area contributed by atoms with E-state index in [1.165, 1.54) is 0 Å². The third-order valence-corrected chi connectivity index (χ3v) is 4.50. The van der Waals surface area contributed by atoms with Gasteiger partial charge in [0.1, 0.15) is 5.75 Å². The molecule has 0 bridgehead atoms. The van der Waals surface area contributed by atoms with Crippen molar-refractivity contribution in [1.29, 1.82) is 0 Å². The lowest BCUT2D eigenvalue weighted by Crippen LogP contribution is -2.37. The molecule has 2 aromatic rings. The molecule has 0 aromatic heterocycles. The normalized spacial score (nSPS) is 10.2. The summed E-state index contributed by atoms with van der Waals surface area (Å²) in [6, 6.07) is 11.1. The van der Waals surface area contributed by atoms with Crippen molar-refractivity contribution in [3.8, 4) is 17.2 Å². The molecule has 7 heteroatoms. The monoisotopic (exact) mass is 400 g/mol. The molecule has 0 saturated carbocycles. The van der Waals surface area contributed by atoms with Gasteiger partial charge in [-0.2, -0.15) is 0 Å². The molecule has 0 aliphatic heterocycles. The first-order valence-electron chi connectivity index (χ1n) is 9.38. The van der Waals surface area contributed by atoms with Gasteiger partial charge in [-0.25, -0.2) is 0 Å². The van der Waals surface area contributed by atoms with Gasteiger partial charge in [-0.1, -0.05) is 18.2 Å². The van der Waals surface area contributed by atoms with Gasteiger partial charge in [-0.3, -0.25) is 9.59 Å². The van der Waals surface area contributed by atoms with Crippen molar-refractivity contribution in [2.75, 3.05) is 33.9 Å². The number of aryl methyl sites for hydroxylation is 1. The summed E-state index contributed by atoms with van der Waals surface area (Å²) in [5.41, 5.74) is 2.94. The number of carbonyl (C=O) groups excluding carboxylic acids is 2. The SMILES string of the molecule is COc1ccc(CC(=O)NCCNC(=O)COc2cccc(C)c2C)cc1OC. The van der Waals surface area contributed by atoms with Gasteiger partial charge >= 0.3 is 0 Å². The van der Waals surface area contributed by atoms with Crippen LogP contribution in [-0.2, 0) is 16.0 Å². The van der Waals surface area contributed by atoms with Crippen molar-refractivity contribution in [3.63, 3.8) is 0 Å². The second kappa shape index (κ2) is 10.9. The van der Waals surface area contributed by atoms with Gasteiger partial charge in [-0.15, -0.1) is 0 Å². The highest BCUT2D eigenvalue weighted by Crippen LogP contribution is 2.27. The van der Waals surface area contributed by atoms with E-state index in [0.717, 1.165) is 16.7 Å². The Kier molecular flexibility index (Phi) is 8.33. The summed E-state index contributed by atoms with van der Waals surface area (Å²) >= 11 is 0. The Morgan fingerprint density at radius 2 is 1.55 bits per heavy atom. The third-order valence-electron chi connectivity index (χ3n) is 4.50. The Morgan fingerprint density at radius 1 is 0.862 bits per heavy atom. The molecule has 7 nitrogen and oxygen atoms in total. The second-order valence-electron chi connectivity index (χ2n) is 6.55. The van der Waals surface area contributed by atoms with E-state index in [1.807, 2.05) is 38.1 Å². The highest BCUT2D eigenvalue weighted by Gasteiger charge is 2.09. The van der Waals surface area contributed by atoms with Crippen LogP contribution in [0.3, 0.4) is 0 Å². The van der Waals surface area contributed by atoms with Gasteiger partial charge in [-0.05, 0) is 48.7 Å². The van der Waals surface area contributed by atoms with E-state index in [9.17, 15) is 9.59 Å². The average molecular weight is 400 g/mol. The lowest BCUT2D eigenvalue weighted by molar-refractivity contribution is -0.124. The molecule has 0 aliphatic rings. The summed E-state index contributed by atoms with van der Waals surface area (Å²) < 4.78 is 16.0. The maximum absolute atomic E-state index is 12.1. The zero-order chi connectivity index (χ0) is 21.2. The van der Waals surface area contributed by atoms with Crippen molar-refractivity contribution in [2.45, 2.75) is 20.3 Å². The Hall–Kier alpha value is -3.22. The van der Waals surface area contributed by atoms with Crippen LogP contribution in [0, 0.1) is 13.8 Å². The summed E-state index contributed by atoms with van der Waals surface area (Å²) in [7, 11) is 3.11. The van der Waals surface area contributed by atoms with Gasteiger partial charge in [0.25, 0.3) is 5.91 Å². The standard InChI is InChI=1S/C22H28N2O5/c1-15-6-5-7-18(16(15)2)29-14-22(26)24-11-10-23-21(25)13-17-8-9-19(27-3)20(12-17)28-4/h5-9,12H,10-11,13-14H2,1-4H3,(H,23,25)(H,24,26). The van der Waals surface area contributed by atoms with Crippen LogP contribution in [0.5, 0.6) is 17.2 Å². The first-order valence-corrected chi connectivity index (χ1v) is 9.38. The molecule has 2 N–H and O–H groups in total. The third kappa shape index (κ3) is 6.71. The maximum Gasteiger partial charge on any atom is 0.258 e. The molecule has 2 rings (SSSR count). The van der Waals surface area contributed by atoms with Gasteiger partial charge in [0, 0.05) is 13.1 Å². The van der Waals surface area contributed by atoms with Gasteiger partial charge in [0.15, 0.2) is 18.1 Å². The van der Waals surface area contributed by atoms with Crippen LogP contribution in [0.15, 0.2) is 36.4 Å². The minimum absolute atomic E-state index is 0.0656. The Balaban J connectivity index is 1.68. The molecule has 0 aliphatic carbocycles. The number of amides is 2. The minimum atomic E-state index is -0.236. The van der Waals surface area contributed by atoms with Crippen LogP contribution in [0.25, 0.3) is 0 Å². The van der Waals surface area contributed by atoms with E-state index in [0.29, 0.717) is 30.3 Å². The van der Waals surface area contributed by atoms with Crippen molar-refractivity contribution >= 4 is 11.8 Å². The highest BCUT2D eigenvalue weighted by atomic mass is 16.5. The molecule has 0 atom stereocenters. The fourth-order valence-electron chi connectivity index (χ4n) is 2.72. The number of rotatable bonds is 10. The second-order valence-corrected chi connectivity index (χ2v) is 6.55. The van der Waals surface area contributed by atoms with Crippen LogP contribution in [0.2, 0.25) is 0 Å². The highest BCUT2D eigenvalue weighted by molar-refractivity contribution is 5.79. The Morgan fingerprint density at radius 3 is 2.24 bits per heavy atom. The zero-order valence-corrected chi connectivity index (χ0v) is 17.3. The molecule has 0 fully saturated rings. The van der Waals surface area contributed by atoms with E-state index in [1.54, 1.807) is 26.4 Å². The number of benzene rings is 2. The van der Waals surface area contributed by atoms with Gasteiger partial charge < -0.3 is 24.8 Å². The number of ether oxygens (including phenoxy) is 3. The van der Waals surface area contributed by atoms with Gasteiger partial charge in [0.2, 0.25) is 5.91 Å². The van der Waals surface area contributed by atoms with E-state index in [2.05, 4.69) is 10.6 Å². The smallest absolute Gasteiger partial charge is 0.258 e. The van der Waals surface area contributed by atoms with Crippen LogP contribution in [-0.4, -0.2) is 45.7 Å². The molecule has 29 heavy (non-hydrogen) atoms. The van der Waals surface area contributed by atoms with E-state index < -0.39 is 0 Å². The summed E-state index contributed by atoms with van der Waals surface area (Å²) in [5, 5.41) is 5.50. The lowest BCUT2D eigenvalue weighted by Gasteiger charge is -2.12. The topological polar surface area (TPSA) is 85.9 Å². The first kappa shape index (κ1) is 22.1. The molecule has 0 spiro atoms. The van der Waals surface area contributed by atoms with Crippen LogP contribution >= 0.6 is 0 Å². The molecule has 0 saturated heterocycles. The largest absolute Gasteiger partial charge is 0.493 e. The average Bonchev–Trinajstić information content (AvgIpc) is 2.72. The van der Waals surface area contributed by atoms with Gasteiger partial charge in [0.05, 0.1) is 20.6 Å². The molecular weight excluding hydrogens is 372 g/mol. The minimum Gasteiger partial charge on any atom is -0.493 e. The summed E-state index contributed by atoms with van der Waals surface area (Å²) in [6.45, 7) is 4.54. The van der Waals surface area contributed by atoms with Crippen molar-refractivity contribution in [3.05, 3.63) is 53.1 Å². The number of hydrogen-bond donors (Lipinski definition) is 2. The molecule has 2 amide bonds. The summed E-state index contributed by atoms with van der Waals surface area (Å²) in [5.74, 6) is 1.51. The molecular formula is C22H28N2O5. The lowest BCUT2D eigenvalue weighted by atomic mass is 10.1. The number of methoxy groups -OCH3 is 2. The Labute approximate surface area is 171 Å². The molecule has 156 valence electrons. The summed E-state index contributed by atoms with van der Waals surface area (Å²) in [6.07, 6.45) is 0.212. The number of hydrogen-bond acceptors (Lipinski definition) is 5. The maximum atomic E-state index is 12.1. The van der Waals surface area contributed by atoms with Crippen LogP contribution in [0.4, 0.5) is 0 Å². The van der Waals surface area contributed by atoms with E-state index in [-0.39, 0.29) is 24.8 Å². The predicted molar refractivity (Wildman–Crippen MR) is 111 cm³/mol. The quantitative estimate of drug-likeness (QED) is 0.597. The van der Waals surface area contributed by atoms with E-state index in [4.69, 9.17) is 14.2 Å². The van der Waals surface area contributed by atoms with Crippen LogP contribution < -0.4 is 24.8 Å². The number of carbonyl (C=O) groups is 2. The fraction of sp³-hybridized carbons (Fsp3) is 0.364. The van der Waals surface area contributed by atoms with Crippen molar-refractivity contribution in [2.24, 2.45) is 0 Å². The first-order chi connectivity index (χ1) is 13.9. The molecule has 0 radical (unpaired) electrons.